The van der Waals surface area contributed by atoms with E-state index in [1.54, 1.807) is 0 Å². The van der Waals surface area contributed by atoms with Crippen LogP contribution in [0.25, 0.3) is 0 Å². The van der Waals surface area contributed by atoms with Crippen LogP contribution in [0.15, 0.2) is 12.1 Å². The van der Waals surface area contributed by atoms with E-state index in [0.717, 1.165) is 0 Å². The molecule has 3 heteroatoms. The first kappa shape index (κ1) is 12.7. The summed E-state index contributed by atoms with van der Waals surface area (Å²) in [5.74, 6) is -0.0816. The lowest BCUT2D eigenvalue weighted by atomic mass is 10.00. The molecule has 0 aliphatic carbocycles. The Morgan fingerprint density at radius 3 is 2.31 bits per heavy atom. The number of methoxy groups -OCH3 is 1. The molecule has 0 atom stereocenters. The van der Waals surface area contributed by atoms with Gasteiger partial charge in [0.1, 0.15) is 6.61 Å². The van der Waals surface area contributed by atoms with Crippen LogP contribution in [0.1, 0.15) is 22.3 Å². The van der Waals surface area contributed by atoms with E-state index in [-0.39, 0.29) is 12.5 Å². The number of carbonyl (C=O) groups excluding carboxylic acids is 1. The van der Waals surface area contributed by atoms with Gasteiger partial charge in [-0.05, 0) is 37.5 Å². The fourth-order valence-corrected chi connectivity index (χ4v) is 1.86. The maximum absolute atomic E-state index is 11.3. The first-order valence-electron chi connectivity index (χ1n) is 5.37. The molecule has 1 amide bonds. The quantitative estimate of drug-likeness (QED) is 0.843. The van der Waals surface area contributed by atoms with Crippen molar-refractivity contribution in [2.75, 3.05) is 13.7 Å². The molecule has 0 radical (unpaired) electrons. The van der Waals surface area contributed by atoms with Gasteiger partial charge >= 0.3 is 0 Å². The van der Waals surface area contributed by atoms with Crippen LogP contribution >= 0.6 is 0 Å². The summed E-state index contributed by atoms with van der Waals surface area (Å²) in [6.07, 6.45) is 0. The summed E-state index contributed by atoms with van der Waals surface area (Å²) in [6, 6.07) is 4.26. The van der Waals surface area contributed by atoms with Gasteiger partial charge in [-0.25, -0.2) is 0 Å². The Morgan fingerprint density at radius 2 is 1.81 bits per heavy atom. The smallest absolute Gasteiger partial charge is 0.246 e. The second-order valence-electron chi connectivity index (χ2n) is 4.09. The minimum Gasteiger partial charge on any atom is -0.375 e. The molecular formula is C13H19NO2. The van der Waals surface area contributed by atoms with Crippen molar-refractivity contribution in [1.29, 1.82) is 0 Å². The zero-order valence-corrected chi connectivity index (χ0v) is 10.4. The second kappa shape index (κ2) is 5.66. The summed E-state index contributed by atoms with van der Waals surface area (Å²) in [5, 5.41) is 2.84. The van der Waals surface area contributed by atoms with Gasteiger partial charge in [-0.1, -0.05) is 17.7 Å². The highest BCUT2D eigenvalue weighted by Gasteiger charge is 2.05. The molecule has 0 unspecified atom stereocenters. The Bertz CT molecular complexity index is 363. The standard InChI is InChI=1S/C13H19NO2/c1-9-5-10(2)12(11(3)6-9)7-14-13(15)8-16-4/h5-6H,7-8H2,1-4H3,(H,14,15). The van der Waals surface area contributed by atoms with Crippen LogP contribution in [-0.4, -0.2) is 19.6 Å². The van der Waals surface area contributed by atoms with Crippen molar-refractivity contribution in [3.05, 3.63) is 34.4 Å². The SMILES string of the molecule is COCC(=O)NCc1c(C)cc(C)cc1C. The zero-order valence-electron chi connectivity index (χ0n) is 10.4. The molecular weight excluding hydrogens is 202 g/mol. The van der Waals surface area contributed by atoms with Gasteiger partial charge in [0.15, 0.2) is 0 Å². The molecule has 0 aromatic heterocycles. The highest BCUT2D eigenvalue weighted by Crippen LogP contribution is 2.15. The van der Waals surface area contributed by atoms with E-state index in [1.807, 2.05) is 0 Å². The molecule has 1 aromatic rings. The van der Waals surface area contributed by atoms with Crippen LogP contribution in [0.4, 0.5) is 0 Å². The number of carbonyl (C=O) groups is 1. The van der Waals surface area contributed by atoms with Crippen molar-refractivity contribution in [2.24, 2.45) is 0 Å². The lowest BCUT2D eigenvalue weighted by molar-refractivity contribution is -0.124. The Morgan fingerprint density at radius 1 is 1.25 bits per heavy atom. The minimum absolute atomic E-state index is 0.0816. The highest BCUT2D eigenvalue weighted by molar-refractivity contribution is 5.77. The zero-order chi connectivity index (χ0) is 12.1. The molecule has 1 N–H and O–H groups in total. The number of benzene rings is 1. The molecule has 88 valence electrons. The number of hydrogen-bond donors (Lipinski definition) is 1. The second-order valence-corrected chi connectivity index (χ2v) is 4.09. The monoisotopic (exact) mass is 221 g/mol. The predicted octanol–water partition coefficient (Wildman–Crippen LogP) is 1.87. The normalized spacial score (nSPS) is 10.2. The largest absolute Gasteiger partial charge is 0.375 e. The summed E-state index contributed by atoms with van der Waals surface area (Å²) in [4.78, 5) is 11.3. The van der Waals surface area contributed by atoms with E-state index in [9.17, 15) is 4.79 Å². The van der Waals surface area contributed by atoms with Gasteiger partial charge in [-0.2, -0.15) is 0 Å². The van der Waals surface area contributed by atoms with Gasteiger partial charge < -0.3 is 10.1 Å². The van der Waals surface area contributed by atoms with Crippen molar-refractivity contribution in [3.8, 4) is 0 Å². The molecule has 0 aliphatic heterocycles. The third kappa shape index (κ3) is 3.35. The molecule has 0 aliphatic rings. The van der Waals surface area contributed by atoms with E-state index in [4.69, 9.17) is 4.74 Å². The predicted molar refractivity (Wildman–Crippen MR) is 64.4 cm³/mol. The van der Waals surface area contributed by atoms with Crippen LogP contribution < -0.4 is 5.32 Å². The highest BCUT2D eigenvalue weighted by atomic mass is 16.5. The molecule has 0 saturated carbocycles. The van der Waals surface area contributed by atoms with E-state index >= 15 is 0 Å². The summed E-state index contributed by atoms with van der Waals surface area (Å²) >= 11 is 0. The summed E-state index contributed by atoms with van der Waals surface area (Å²) in [7, 11) is 1.52. The third-order valence-electron chi connectivity index (χ3n) is 2.58. The molecule has 0 bridgehead atoms. The van der Waals surface area contributed by atoms with E-state index in [1.165, 1.54) is 29.4 Å². The molecule has 0 spiro atoms. The Balaban J connectivity index is 2.70. The van der Waals surface area contributed by atoms with Gasteiger partial charge in [0.05, 0.1) is 0 Å². The van der Waals surface area contributed by atoms with Crippen molar-refractivity contribution in [3.63, 3.8) is 0 Å². The number of rotatable bonds is 4. The first-order valence-corrected chi connectivity index (χ1v) is 5.37. The van der Waals surface area contributed by atoms with Crippen molar-refractivity contribution < 1.29 is 9.53 Å². The van der Waals surface area contributed by atoms with Gasteiger partial charge in [-0.15, -0.1) is 0 Å². The average molecular weight is 221 g/mol. The van der Waals surface area contributed by atoms with Crippen LogP contribution in [0, 0.1) is 20.8 Å². The van der Waals surface area contributed by atoms with Gasteiger partial charge in [0.2, 0.25) is 5.91 Å². The summed E-state index contributed by atoms with van der Waals surface area (Å²) < 4.78 is 4.76. The molecule has 16 heavy (non-hydrogen) atoms. The van der Waals surface area contributed by atoms with Crippen LogP contribution in [0.2, 0.25) is 0 Å². The fraction of sp³-hybridized carbons (Fsp3) is 0.462. The maximum atomic E-state index is 11.3. The fourth-order valence-electron chi connectivity index (χ4n) is 1.86. The Labute approximate surface area is 96.8 Å². The minimum atomic E-state index is -0.0816. The topological polar surface area (TPSA) is 38.3 Å². The van der Waals surface area contributed by atoms with E-state index in [2.05, 4.69) is 38.2 Å². The molecule has 1 rings (SSSR count). The van der Waals surface area contributed by atoms with Crippen molar-refractivity contribution in [2.45, 2.75) is 27.3 Å². The average Bonchev–Trinajstić information content (AvgIpc) is 2.16. The maximum Gasteiger partial charge on any atom is 0.246 e. The first-order chi connectivity index (χ1) is 7.54. The number of nitrogens with one attached hydrogen (secondary N) is 1. The van der Waals surface area contributed by atoms with Gasteiger partial charge in [0.25, 0.3) is 0 Å². The number of ether oxygens (including phenoxy) is 1. The molecule has 0 saturated heterocycles. The van der Waals surface area contributed by atoms with Crippen LogP contribution in [0.3, 0.4) is 0 Å². The molecule has 0 heterocycles. The van der Waals surface area contributed by atoms with Gasteiger partial charge in [0, 0.05) is 13.7 Å². The lowest BCUT2D eigenvalue weighted by Gasteiger charge is -2.12. The Hall–Kier alpha value is -1.35. The molecule has 3 nitrogen and oxygen atoms in total. The van der Waals surface area contributed by atoms with Crippen LogP contribution in [0.5, 0.6) is 0 Å². The third-order valence-corrected chi connectivity index (χ3v) is 2.58. The Kier molecular flexibility index (Phi) is 4.50. The number of hydrogen-bond acceptors (Lipinski definition) is 2. The van der Waals surface area contributed by atoms with Crippen molar-refractivity contribution >= 4 is 5.91 Å². The summed E-state index contributed by atoms with van der Waals surface area (Å²) in [6.45, 7) is 6.90. The van der Waals surface area contributed by atoms with Crippen molar-refractivity contribution in [1.82, 2.24) is 5.32 Å². The van der Waals surface area contributed by atoms with E-state index < -0.39 is 0 Å². The number of aryl methyl sites for hydroxylation is 3. The van der Waals surface area contributed by atoms with E-state index in [0.29, 0.717) is 6.54 Å². The van der Waals surface area contributed by atoms with Crippen LogP contribution in [-0.2, 0) is 16.1 Å². The molecule has 0 fully saturated rings. The lowest BCUT2D eigenvalue weighted by Crippen LogP contribution is -2.27. The number of amides is 1. The summed E-state index contributed by atoms with van der Waals surface area (Å²) in [5.41, 5.74) is 4.88. The van der Waals surface area contributed by atoms with Gasteiger partial charge in [-0.3, -0.25) is 4.79 Å². The molecule has 1 aromatic carbocycles.